The van der Waals surface area contributed by atoms with Crippen molar-refractivity contribution in [3.63, 3.8) is 0 Å². The van der Waals surface area contributed by atoms with Crippen LogP contribution in [0.25, 0.3) is 10.9 Å². The van der Waals surface area contributed by atoms with E-state index in [1.807, 2.05) is 25.1 Å². The highest BCUT2D eigenvalue weighted by atomic mass is 32.2. The van der Waals surface area contributed by atoms with Crippen molar-refractivity contribution in [2.45, 2.75) is 31.1 Å². The Labute approximate surface area is 181 Å². The molecule has 3 aromatic rings. The predicted octanol–water partition coefficient (Wildman–Crippen LogP) is 3.55. The van der Waals surface area contributed by atoms with Crippen LogP contribution in [0.2, 0.25) is 0 Å². The Hall–Kier alpha value is -2.97. The Balaban J connectivity index is 1.43. The molecule has 8 heteroatoms. The number of carbonyl (C=O) groups is 2. The Morgan fingerprint density at radius 2 is 1.77 bits per heavy atom. The normalized spacial score (nSPS) is 14.7. The molecule has 1 fully saturated rings. The molecule has 0 spiro atoms. The molecule has 2 aromatic carbocycles. The molecule has 1 aromatic heterocycles. The first-order valence-corrected chi connectivity index (χ1v) is 11.8. The summed E-state index contributed by atoms with van der Waals surface area (Å²) in [6, 6.07) is 11.4. The van der Waals surface area contributed by atoms with Crippen LogP contribution < -0.4 is 0 Å². The fourth-order valence-electron chi connectivity index (χ4n) is 3.88. The highest BCUT2D eigenvalue weighted by Crippen LogP contribution is 2.23. The SMILES string of the molecule is CCc1cccc2c(C(=O)COC(=O)c3ccc(S(=O)(=O)N4CCCC4)cc3)c[nH]c12. The molecule has 31 heavy (non-hydrogen) atoms. The van der Waals surface area contributed by atoms with E-state index in [1.165, 1.54) is 28.6 Å². The summed E-state index contributed by atoms with van der Waals surface area (Å²) in [4.78, 5) is 28.2. The zero-order valence-corrected chi connectivity index (χ0v) is 18.1. The topological polar surface area (TPSA) is 96.5 Å². The molecule has 0 amide bonds. The number of Topliss-reactive ketones (excluding diaryl/α,β-unsaturated/α-hetero) is 1. The van der Waals surface area contributed by atoms with Gasteiger partial charge in [-0.2, -0.15) is 4.31 Å². The average molecular weight is 441 g/mol. The number of nitrogens with one attached hydrogen (secondary N) is 1. The minimum absolute atomic E-state index is 0.146. The minimum Gasteiger partial charge on any atom is -0.454 e. The average Bonchev–Trinajstić information content (AvgIpc) is 3.47. The fourth-order valence-corrected chi connectivity index (χ4v) is 5.39. The minimum atomic E-state index is -3.54. The lowest BCUT2D eigenvalue weighted by molar-refractivity contribution is 0.0475. The van der Waals surface area contributed by atoms with E-state index in [9.17, 15) is 18.0 Å². The molecule has 0 bridgehead atoms. The summed E-state index contributed by atoms with van der Waals surface area (Å²) in [6.45, 7) is 2.68. The molecule has 0 unspecified atom stereocenters. The molecule has 0 aliphatic carbocycles. The zero-order chi connectivity index (χ0) is 22.0. The van der Waals surface area contributed by atoms with Gasteiger partial charge in [0.15, 0.2) is 6.61 Å². The molecule has 2 heterocycles. The molecule has 1 aliphatic rings. The smallest absolute Gasteiger partial charge is 0.338 e. The fraction of sp³-hybridized carbons (Fsp3) is 0.304. The molecule has 1 saturated heterocycles. The van der Waals surface area contributed by atoms with Gasteiger partial charge in [-0.05, 0) is 49.1 Å². The number of carbonyl (C=O) groups excluding carboxylic acids is 2. The molecular formula is C23H24N2O5S. The number of benzene rings is 2. The molecule has 7 nitrogen and oxygen atoms in total. The number of hydrogen-bond donors (Lipinski definition) is 1. The van der Waals surface area contributed by atoms with Crippen LogP contribution in [-0.4, -0.2) is 49.2 Å². The van der Waals surface area contributed by atoms with E-state index >= 15 is 0 Å². The van der Waals surface area contributed by atoms with E-state index in [0.29, 0.717) is 18.7 Å². The molecule has 0 saturated carbocycles. The van der Waals surface area contributed by atoms with Crippen LogP contribution >= 0.6 is 0 Å². The number of fused-ring (bicyclic) bond motifs is 1. The Kier molecular flexibility index (Phi) is 5.93. The summed E-state index contributed by atoms with van der Waals surface area (Å²) in [6.07, 6.45) is 4.18. The first kappa shape index (κ1) is 21.3. The van der Waals surface area contributed by atoms with Crippen LogP contribution in [0.3, 0.4) is 0 Å². The van der Waals surface area contributed by atoms with Gasteiger partial charge in [-0.3, -0.25) is 4.79 Å². The van der Waals surface area contributed by atoms with E-state index < -0.39 is 22.6 Å². The van der Waals surface area contributed by atoms with Gasteiger partial charge in [0.05, 0.1) is 10.5 Å². The predicted molar refractivity (Wildman–Crippen MR) is 117 cm³/mol. The largest absolute Gasteiger partial charge is 0.454 e. The van der Waals surface area contributed by atoms with Crippen molar-refractivity contribution in [3.05, 3.63) is 65.4 Å². The highest BCUT2D eigenvalue weighted by molar-refractivity contribution is 7.89. The van der Waals surface area contributed by atoms with Gasteiger partial charge in [-0.1, -0.05) is 25.1 Å². The summed E-state index contributed by atoms with van der Waals surface area (Å²) in [5, 5.41) is 0.803. The number of hydrogen-bond acceptors (Lipinski definition) is 5. The summed E-state index contributed by atoms with van der Waals surface area (Å²) < 4.78 is 31.8. The van der Waals surface area contributed by atoms with Gasteiger partial charge in [-0.15, -0.1) is 0 Å². The van der Waals surface area contributed by atoms with Crippen LogP contribution in [0.15, 0.2) is 53.6 Å². The van der Waals surface area contributed by atoms with Crippen molar-refractivity contribution in [1.29, 1.82) is 0 Å². The van der Waals surface area contributed by atoms with Crippen molar-refractivity contribution in [1.82, 2.24) is 9.29 Å². The first-order chi connectivity index (χ1) is 14.9. The molecule has 4 rings (SSSR count). The van der Waals surface area contributed by atoms with Crippen molar-refractivity contribution in [3.8, 4) is 0 Å². The molecule has 0 radical (unpaired) electrons. The van der Waals surface area contributed by atoms with Crippen LogP contribution in [0, 0.1) is 0 Å². The maximum absolute atomic E-state index is 12.6. The Bertz CT molecular complexity index is 1220. The Morgan fingerprint density at radius 1 is 1.06 bits per heavy atom. The number of aromatic nitrogens is 1. The van der Waals surface area contributed by atoms with E-state index in [4.69, 9.17) is 4.74 Å². The van der Waals surface area contributed by atoms with Crippen LogP contribution in [-0.2, 0) is 21.2 Å². The third-order valence-electron chi connectivity index (χ3n) is 5.61. The van der Waals surface area contributed by atoms with Gasteiger partial charge in [-0.25, -0.2) is 13.2 Å². The molecule has 1 aliphatic heterocycles. The monoisotopic (exact) mass is 440 g/mol. The lowest BCUT2D eigenvalue weighted by Crippen LogP contribution is -2.27. The third kappa shape index (κ3) is 4.13. The van der Waals surface area contributed by atoms with Crippen molar-refractivity contribution in [2.75, 3.05) is 19.7 Å². The lowest BCUT2D eigenvalue weighted by Gasteiger charge is -2.15. The van der Waals surface area contributed by atoms with E-state index in [1.54, 1.807) is 6.20 Å². The zero-order valence-electron chi connectivity index (χ0n) is 17.3. The number of rotatable bonds is 7. The number of H-pyrrole nitrogens is 1. The maximum atomic E-state index is 12.6. The van der Waals surface area contributed by atoms with Crippen molar-refractivity contribution in [2.24, 2.45) is 0 Å². The van der Waals surface area contributed by atoms with Gasteiger partial charge >= 0.3 is 5.97 Å². The first-order valence-electron chi connectivity index (χ1n) is 10.3. The molecule has 162 valence electrons. The number of aryl methyl sites for hydroxylation is 1. The van der Waals surface area contributed by atoms with E-state index in [0.717, 1.165) is 35.7 Å². The Morgan fingerprint density at radius 3 is 2.45 bits per heavy atom. The second kappa shape index (κ2) is 8.64. The van der Waals surface area contributed by atoms with Gasteiger partial charge < -0.3 is 9.72 Å². The number of para-hydroxylation sites is 1. The van der Waals surface area contributed by atoms with Crippen LogP contribution in [0.1, 0.15) is 46.0 Å². The number of ketones is 1. The number of sulfonamides is 1. The highest BCUT2D eigenvalue weighted by Gasteiger charge is 2.27. The lowest BCUT2D eigenvalue weighted by atomic mass is 10.1. The maximum Gasteiger partial charge on any atom is 0.338 e. The second-order valence-corrected chi connectivity index (χ2v) is 9.47. The van der Waals surface area contributed by atoms with E-state index in [-0.39, 0.29) is 16.2 Å². The second-order valence-electron chi connectivity index (χ2n) is 7.53. The quantitative estimate of drug-likeness (QED) is 0.448. The third-order valence-corrected chi connectivity index (χ3v) is 7.52. The van der Waals surface area contributed by atoms with Gasteiger partial charge in [0, 0.05) is 35.8 Å². The van der Waals surface area contributed by atoms with E-state index in [2.05, 4.69) is 4.98 Å². The molecule has 0 atom stereocenters. The number of esters is 1. The standard InChI is InChI=1S/C23H24N2O5S/c1-2-16-6-5-7-19-20(14-24-22(16)19)21(26)15-30-23(27)17-8-10-18(11-9-17)31(28,29)25-12-3-4-13-25/h5-11,14,24H,2-4,12-13,15H2,1H3. The summed E-state index contributed by atoms with van der Waals surface area (Å²) in [5.41, 5.74) is 2.69. The van der Waals surface area contributed by atoms with Gasteiger partial charge in [0.1, 0.15) is 0 Å². The van der Waals surface area contributed by atoms with Gasteiger partial charge in [0.2, 0.25) is 15.8 Å². The summed E-state index contributed by atoms with van der Waals surface area (Å²) in [5.74, 6) is -0.978. The van der Waals surface area contributed by atoms with Crippen molar-refractivity contribution >= 4 is 32.7 Å². The van der Waals surface area contributed by atoms with Crippen LogP contribution in [0.5, 0.6) is 0 Å². The van der Waals surface area contributed by atoms with Crippen molar-refractivity contribution < 1.29 is 22.7 Å². The summed E-state index contributed by atoms with van der Waals surface area (Å²) >= 11 is 0. The number of aromatic amines is 1. The van der Waals surface area contributed by atoms with Gasteiger partial charge in [0.25, 0.3) is 0 Å². The number of ether oxygens (including phenoxy) is 1. The molecule has 1 N–H and O–H groups in total. The van der Waals surface area contributed by atoms with Crippen LogP contribution in [0.4, 0.5) is 0 Å². The number of nitrogens with zero attached hydrogens (tertiary/aromatic N) is 1. The molecular weight excluding hydrogens is 416 g/mol. The summed E-state index contributed by atoms with van der Waals surface area (Å²) in [7, 11) is -3.54.